The van der Waals surface area contributed by atoms with Gasteiger partial charge in [-0.1, -0.05) is 0 Å². The van der Waals surface area contributed by atoms with Gasteiger partial charge in [-0.15, -0.1) is 0 Å². The van der Waals surface area contributed by atoms with E-state index in [2.05, 4.69) is 16.1 Å². The minimum absolute atomic E-state index is 0.660. The molecule has 2 heterocycles. The predicted molar refractivity (Wildman–Crippen MR) is 51.3 cm³/mol. The van der Waals surface area contributed by atoms with Gasteiger partial charge in [-0.3, -0.25) is 4.68 Å². The Morgan fingerprint density at radius 3 is 3.08 bits per heavy atom. The van der Waals surface area contributed by atoms with Crippen LogP contribution in [0.1, 0.15) is 5.56 Å². The summed E-state index contributed by atoms with van der Waals surface area (Å²) in [6, 6.07) is 2.09. The Bertz CT molecular complexity index is 418. The van der Waals surface area contributed by atoms with Gasteiger partial charge in [0.05, 0.1) is 6.20 Å². The van der Waals surface area contributed by atoms with Crippen molar-refractivity contribution in [1.82, 2.24) is 14.8 Å². The Balaban J connectivity index is 2.50. The van der Waals surface area contributed by atoms with Gasteiger partial charge in [-0.25, -0.2) is 4.98 Å². The molecule has 0 spiro atoms. The van der Waals surface area contributed by atoms with Crippen molar-refractivity contribution in [2.75, 3.05) is 6.54 Å². The standard InChI is InChI=1S/C9H12N4/c1-13-9-8(6-12-13)4-7(2-3-10)5-11-9/h4-6H,2-3,10H2,1H3. The van der Waals surface area contributed by atoms with Gasteiger partial charge in [-0.05, 0) is 24.6 Å². The first-order valence-corrected chi connectivity index (χ1v) is 4.28. The van der Waals surface area contributed by atoms with Crippen molar-refractivity contribution < 1.29 is 0 Å². The predicted octanol–water partition coefficient (Wildman–Crippen LogP) is 0.469. The number of hydrogen-bond donors (Lipinski definition) is 1. The van der Waals surface area contributed by atoms with Crippen molar-refractivity contribution in [1.29, 1.82) is 0 Å². The summed E-state index contributed by atoms with van der Waals surface area (Å²) < 4.78 is 1.77. The molecule has 13 heavy (non-hydrogen) atoms. The largest absolute Gasteiger partial charge is 0.330 e. The zero-order chi connectivity index (χ0) is 9.26. The molecule has 0 aliphatic rings. The molecule has 0 aliphatic carbocycles. The minimum Gasteiger partial charge on any atom is -0.330 e. The fourth-order valence-corrected chi connectivity index (χ4v) is 1.39. The summed E-state index contributed by atoms with van der Waals surface area (Å²) in [5, 5.41) is 5.20. The van der Waals surface area contributed by atoms with Crippen molar-refractivity contribution in [3.05, 3.63) is 24.0 Å². The van der Waals surface area contributed by atoms with E-state index in [1.54, 1.807) is 4.68 Å². The monoisotopic (exact) mass is 176 g/mol. The number of aromatic nitrogens is 3. The van der Waals surface area contributed by atoms with Crippen LogP contribution >= 0.6 is 0 Å². The molecular weight excluding hydrogens is 164 g/mol. The number of nitrogens with two attached hydrogens (primary N) is 1. The third kappa shape index (κ3) is 1.40. The summed E-state index contributed by atoms with van der Waals surface area (Å²) in [5.74, 6) is 0. The first kappa shape index (κ1) is 8.19. The Hall–Kier alpha value is -1.42. The molecule has 0 saturated carbocycles. The van der Waals surface area contributed by atoms with Gasteiger partial charge >= 0.3 is 0 Å². The lowest BCUT2D eigenvalue weighted by Gasteiger charge is -1.97. The highest BCUT2D eigenvalue weighted by Crippen LogP contribution is 2.11. The van der Waals surface area contributed by atoms with Crippen LogP contribution in [0.25, 0.3) is 11.0 Å². The normalized spacial score (nSPS) is 10.9. The molecule has 2 aromatic heterocycles. The molecule has 0 amide bonds. The fraction of sp³-hybridized carbons (Fsp3) is 0.333. The third-order valence-corrected chi connectivity index (χ3v) is 2.06. The van der Waals surface area contributed by atoms with Crippen LogP contribution in [0.15, 0.2) is 18.5 Å². The van der Waals surface area contributed by atoms with Gasteiger partial charge in [0.2, 0.25) is 0 Å². The maximum Gasteiger partial charge on any atom is 0.157 e. The highest BCUT2D eigenvalue weighted by atomic mass is 15.3. The lowest BCUT2D eigenvalue weighted by Crippen LogP contribution is -2.03. The highest BCUT2D eigenvalue weighted by Gasteiger charge is 2.00. The second-order valence-corrected chi connectivity index (χ2v) is 3.06. The molecule has 68 valence electrons. The summed E-state index contributed by atoms with van der Waals surface area (Å²) in [6.45, 7) is 0.660. The van der Waals surface area contributed by atoms with E-state index in [0.29, 0.717) is 6.54 Å². The molecular formula is C9H12N4. The van der Waals surface area contributed by atoms with Crippen LogP contribution < -0.4 is 5.73 Å². The van der Waals surface area contributed by atoms with E-state index >= 15 is 0 Å². The highest BCUT2D eigenvalue weighted by molar-refractivity contribution is 5.74. The molecule has 0 aromatic carbocycles. The van der Waals surface area contributed by atoms with Gasteiger partial charge in [0, 0.05) is 18.6 Å². The molecule has 0 unspecified atom stereocenters. The number of nitrogens with zero attached hydrogens (tertiary/aromatic N) is 3. The van der Waals surface area contributed by atoms with Crippen molar-refractivity contribution in [3.8, 4) is 0 Å². The molecule has 4 heteroatoms. The molecule has 0 atom stereocenters. The fourth-order valence-electron chi connectivity index (χ4n) is 1.39. The van der Waals surface area contributed by atoms with Gasteiger partial charge < -0.3 is 5.73 Å². The van der Waals surface area contributed by atoms with Crippen molar-refractivity contribution in [3.63, 3.8) is 0 Å². The van der Waals surface area contributed by atoms with Crippen molar-refractivity contribution in [2.24, 2.45) is 12.8 Å². The smallest absolute Gasteiger partial charge is 0.157 e. The van der Waals surface area contributed by atoms with Gasteiger partial charge in [0.25, 0.3) is 0 Å². The molecule has 0 fully saturated rings. The Kier molecular flexibility index (Phi) is 1.98. The zero-order valence-electron chi connectivity index (χ0n) is 7.57. The van der Waals surface area contributed by atoms with E-state index in [1.165, 1.54) is 5.56 Å². The average molecular weight is 176 g/mol. The van der Waals surface area contributed by atoms with E-state index in [0.717, 1.165) is 17.5 Å². The maximum atomic E-state index is 5.46. The quantitative estimate of drug-likeness (QED) is 0.723. The van der Waals surface area contributed by atoms with Crippen LogP contribution in [0.5, 0.6) is 0 Å². The van der Waals surface area contributed by atoms with E-state index in [-0.39, 0.29) is 0 Å². The Morgan fingerprint density at radius 1 is 1.46 bits per heavy atom. The molecule has 0 saturated heterocycles. The van der Waals surface area contributed by atoms with Crippen LogP contribution in [0.4, 0.5) is 0 Å². The van der Waals surface area contributed by atoms with Crippen molar-refractivity contribution >= 4 is 11.0 Å². The number of rotatable bonds is 2. The summed E-state index contributed by atoms with van der Waals surface area (Å²) in [6.07, 6.45) is 4.55. The molecule has 2 N–H and O–H groups in total. The first-order valence-electron chi connectivity index (χ1n) is 4.28. The van der Waals surface area contributed by atoms with E-state index in [9.17, 15) is 0 Å². The van der Waals surface area contributed by atoms with E-state index in [4.69, 9.17) is 5.73 Å². The van der Waals surface area contributed by atoms with E-state index < -0.39 is 0 Å². The number of fused-ring (bicyclic) bond motifs is 1. The summed E-state index contributed by atoms with van der Waals surface area (Å²) in [7, 11) is 1.89. The number of hydrogen-bond acceptors (Lipinski definition) is 3. The topological polar surface area (TPSA) is 56.7 Å². The van der Waals surface area contributed by atoms with Crippen LogP contribution in [0, 0.1) is 0 Å². The summed E-state index contributed by atoms with van der Waals surface area (Å²) in [4.78, 5) is 4.30. The molecule has 0 radical (unpaired) electrons. The van der Waals surface area contributed by atoms with Crippen LogP contribution in [0.2, 0.25) is 0 Å². The lowest BCUT2D eigenvalue weighted by molar-refractivity contribution is 0.786. The molecule has 4 nitrogen and oxygen atoms in total. The van der Waals surface area contributed by atoms with Gasteiger partial charge in [0.1, 0.15) is 0 Å². The second-order valence-electron chi connectivity index (χ2n) is 3.06. The van der Waals surface area contributed by atoms with Crippen LogP contribution in [-0.4, -0.2) is 21.3 Å². The molecule has 2 aromatic rings. The Labute approximate surface area is 76.4 Å². The van der Waals surface area contributed by atoms with Crippen molar-refractivity contribution in [2.45, 2.75) is 6.42 Å². The minimum atomic E-state index is 0.660. The average Bonchev–Trinajstić information content (AvgIpc) is 2.48. The molecule has 0 aliphatic heterocycles. The third-order valence-electron chi connectivity index (χ3n) is 2.06. The summed E-state index contributed by atoms with van der Waals surface area (Å²) in [5.41, 5.74) is 7.55. The van der Waals surface area contributed by atoms with Crippen LogP contribution in [0.3, 0.4) is 0 Å². The van der Waals surface area contributed by atoms with Crippen LogP contribution in [-0.2, 0) is 13.5 Å². The SMILES string of the molecule is Cn1ncc2cc(CCN)cnc21. The molecule has 0 bridgehead atoms. The summed E-state index contributed by atoms with van der Waals surface area (Å²) >= 11 is 0. The maximum absolute atomic E-state index is 5.46. The second kappa shape index (κ2) is 3.14. The zero-order valence-corrected chi connectivity index (χ0v) is 7.57. The lowest BCUT2D eigenvalue weighted by atomic mass is 10.2. The first-order chi connectivity index (χ1) is 6.31. The molecule has 2 rings (SSSR count). The van der Waals surface area contributed by atoms with Gasteiger partial charge in [0.15, 0.2) is 5.65 Å². The number of aryl methyl sites for hydroxylation is 1. The van der Waals surface area contributed by atoms with Gasteiger partial charge in [-0.2, -0.15) is 5.10 Å². The Morgan fingerprint density at radius 2 is 2.31 bits per heavy atom. The van der Waals surface area contributed by atoms with E-state index in [1.807, 2.05) is 19.4 Å². The number of pyridine rings is 1.